The molecule has 0 fully saturated rings. The number of benzene rings is 1. The average molecular weight is 320 g/mol. The number of rotatable bonds is 6. The molecule has 124 valence electrons. The maximum atomic E-state index is 10.9. The van der Waals surface area contributed by atoms with Gasteiger partial charge in [-0.05, 0) is 59.9 Å². The molecule has 1 aromatic carbocycles. The second-order valence-corrected chi connectivity index (χ2v) is 5.96. The van der Waals surface area contributed by atoms with Gasteiger partial charge >= 0.3 is 0 Å². The van der Waals surface area contributed by atoms with Crippen LogP contribution in [0.3, 0.4) is 0 Å². The van der Waals surface area contributed by atoms with E-state index in [9.17, 15) is 4.79 Å². The molecule has 3 heteroatoms. The zero-order valence-electron chi connectivity index (χ0n) is 14.4. The largest absolute Gasteiger partial charge is 0.380 e. The first kappa shape index (κ1) is 17.5. The smallest absolute Gasteiger partial charge is 0.220 e. The van der Waals surface area contributed by atoms with E-state index in [4.69, 9.17) is 0 Å². The highest BCUT2D eigenvalue weighted by molar-refractivity contribution is 5.76. The Balaban J connectivity index is 2.25. The van der Waals surface area contributed by atoms with Gasteiger partial charge in [0.2, 0.25) is 5.91 Å². The summed E-state index contributed by atoms with van der Waals surface area (Å²) in [6.45, 7) is 12.1. The van der Waals surface area contributed by atoms with Gasteiger partial charge in [-0.25, -0.2) is 0 Å². The van der Waals surface area contributed by atoms with Crippen LogP contribution in [0.1, 0.15) is 25.0 Å². The molecule has 0 aromatic heterocycles. The fourth-order valence-electron chi connectivity index (χ4n) is 2.59. The van der Waals surface area contributed by atoms with E-state index in [0.717, 1.165) is 35.4 Å². The van der Waals surface area contributed by atoms with E-state index in [-0.39, 0.29) is 5.91 Å². The number of allylic oxidation sites excluding steroid dienone is 4. The number of hydrogen-bond acceptors (Lipinski definition) is 2. The lowest BCUT2D eigenvalue weighted by Crippen LogP contribution is -2.12. The summed E-state index contributed by atoms with van der Waals surface area (Å²) in [6, 6.07) is 6.46. The molecular weight excluding hydrogens is 296 g/mol. The fourth-order valence-corrected chi connectivity index (χ4v) is 2.59. The molecule has 0 aliphatic carbocycles. The zero-order chi connectivity index (χ0) is 17.5. The van der Waals surface area contributed by atoms with Crippen molar-refractivity contribution >= 4 is 17.7 Å². The van der Waals surface area contributed by atoms with Gasteiger partial charge in [0.25, 0.3) is 0 Å². The first-order valence-electron chi connectivity index (χ1n) is 7.98. The lowest BCUT2D eigenvalue weighted by molar-refractivity contribution is -0.118. The average Bonchev–Trinajstić information content (AvgIpc) is 2.53. The van der Waals surface area contributed by atoms with Gasteiger partial charge in [-0.2, -0.15) is 0 Å². The van der Waals surface area contributed by atoms with E-state index in [1.54, 1.807) is 6.20 Å². The van der Waals surface area contributed by atoms with Crippen molar-refractivity contribution < 1.29 is 4.79 Å². The molecule has 0 saturated carbocycles. The lowest BCUT2D eigenvalue weighted by atomic mass is 9.95. The van der Waals surface area contributed by atoms with Gasteiger partial charge in [0.05, 0.1) is 0 Å². The van der Waals surface area contributed by atoms with Gasteiger partial charge in [0, 0.05) is 25.4 Å². The standard InChI is InChI=1S/C21H24N2O/c1-5-18(7-6-10-22-16(4)24)20-13-19-12-17(11-15(2)3)8-9-21(19)23-14-20/h5-10,12-13,23H,1-2,11,14H2,3-4H3,(H,22,24)/b10-6+,18-7+. The quantitative estimate of drug-likeness (QED) is 0.603. The normalized spacial score (nSPS) is 13.8. The Morgan fingerprint density at radius 2 is 2.17 bits per heavy atom. The van der Waals surface area contributed by atoms with Gasteiger partial charge in [-0.15, -0.1) is 0 Å². The molecule has 1 heterocycles. The van der Waals surface area contributed by atoms with Crippen molar-refractivity contribution in [3.05, 3.63) is 83.6 Å². The molecule has 0 radical (unpaired) electrons. The van der Waals surface area contributed by atoms with Gasteiger partial charge in [0.1, 0.15) is 0 Å². The second kappa shape index (κ2) is 8.16. The van der Waals surface area contributed by atoms with Crippen molar-refractivity contribution in [2.75, 3.05) is 11.9 Å². The highest BCUT2D eigenvalue weighted by Gasteiger charge is 2.11. The molecule has 1 aromatic rings. The zero-order valence-corrected chi connectivity index (χ0v) is 14.4. The highest BCUT2D eigenvalue weighted by atomic mass is 16.1. The predicted molar refractivity (Wildman–Crippen MR) is 103 cm³/mol. The van der Waals surface area contributed by atoms with Gasteiger partial charge < -0.3 is 10.6 Å². The summed E-state index contributed by atoms with van der Waals surface area (Å²) >= 11 is 0. The number of fused-ring (bicyclic) bond motifs is 1. The number of carbonyl (C=O) groups excluding carboxylic acids is 1. The molecule has 2 rings (SSSR count). The van der Waals surface area contributed by atoms with E-state index in [2.05, 4.69) is 48.1 Å². The summed E-state index contributed by atoms with van der Waals surface area (Å²) in [4.78, 5) is 10.9. The van der Waals surface area contributed by atoms with E-state index in [1.165, 1.54) is 18.1 Å². The van der Waals surface area contributed by atoms with E-state index >= 15 is 0 Å². The van der Waals surface area contributed by atoms with Gasteiger partial charge in [-0.3, -0.25) is 4.79 Å². The van der Waals surface area contributed by atoms with E-state index in [1.807, 2.05) is 25.2 Å². The number of anilines is 1. The monoisotopic (exact) mass is 320 g/mol. The van der Waals surface area contributed by atoms with Gasteiger partial charge in [0.15, 0.2) is 0 Å². The molecule has 1 amide bonds. The summed E-state index contributed by atoms with van der Waals surface area (Å²) in [5, 5.41) is 6.07. The first-order chi connectivity index (χ1) is 11.5. The van der Waals surface area contributed by atoms with Crippen molar-refractivity contribution in [3.63, 3.8) is 0 Å². The molecule has 0 unspecified atom stereocenters. The third kappa shape index (κ3) is 4.85. The molecule has 0 spiro atoms. The van der Waals surface area contributed by atoms with Crippen LogP contribution < -0.4 is 10.6 Å². The SMILES string of the molecule is C=C/C(=C\C=C\NC(C)=O)C1=Cc2cc(CC(=C)C)ccc2NC1. The molecule has 0 saturated heterocycles. The molecule has 3 nitrogen and oxygen atoms in total. The van der Waals surface area contributed by atoms with Crippen LogP contribution in [0.4, 0.5) is 5.69 Å². The minimum absolute atomic E-state index is 0.0858. The Morgan fingerprint density at radius 1 is 1.38 bits per heavy atom. The number of carbonyl (C=O) groups is 1. The van der Waals surface area contributed by atoms with Crippen LogP contribution in [-0.2, 0) is 11.2 Å². The number of hydrogen-bond donors (Lipinski definition) is 2. The highest BCUT2D eigenvalue weighted by Crippen LogP contribution is 2.28. The second-order valence-electron chi connectivity index (χ2n) is 5.96. The maximum Gasteiger partial charge on any atom is 0.220 e. The number of amides is 1. The van der Waals surface area contributed by atoms with Crippen molar-refractivity contribution in [3.8, 4) is 0 Å². The number of nitrogens with one attached hydrogen (secondary N) is 2. The minimum Gasteiger partial charge on any atom is -0.380 e. The Bertz CT molecular complexity index is 751. The summed E-state index contributed by atoms with van der Waals surface area (Å²) in [6.07, 6.45) is 10.3. The third-order valence-corrected chi connectivity index (χ3v) is 3.67. The van der Waals surface area contributed by atoms with Crippen LogP contribution in [0.15, 0.2) is 72.5 Å². The van der Waals surface area contributed by atoms with Crippen molar-refractivity contribution in [1.82, 2.24) is 5.32 Å². The van der Waals surface area contributed by atoms with E-state index < -0.39 is 0 Å². The molecule has 1 aliphatic rings. The van der Waals surface area contributed by atoms with Crippen LogP contribution in [0.25, 0.3) is 6.08 Å². The van der Waals surface area contributed by atoms with Crippen LogP contribution in [0.5, 0.6) is 0 Å². The van der Waals surface area contributed by atoms with Crippen molar-refractivity contribution in [1.29, 1.82) is 0 Å². The van der Waals surface area contributed by atoms with Crippen LogP contribution >= 0.6 is 0 Å². The Morgan fingerprint density at radius 3 is 2.83 bits per heavy atom. The molecule has 24 heavy (non-hydrogen) atoms. The predicted octanol–water partition coefficient (Wildman–Crippen LogP) is 4.38. The Hall–Kier alpha value is -2.81. The van der Waals surface area contributed by atoms with Crippen LogP contribution in [0.2, 0.25) is 0 Å². The summed E-state index contributed by atoms with van der Waals surface area (Å²) < 4.78 is 0. The summed E-state index contributed by atoms with van der Waals surface area (Å²) in [7, 11) is 0. The molecule has 1 aliphatic heterocycles. The third-order valence-electron chi connectivity index (χ3n) is 3.67. The minimum atomic E-state index is -0.0858. The summed E-state index contributed by atoms with van der Waals surface area (Å²) in [5.74, 6) is -0.0858. The van der Waals surface area contributed by atoms with Crippen LogP contribution in [-0.4, -0.2) is 12.5 Å². The molecule has 2 N–H and O–H groups in total. The fraction of sp³-hybridized carbons (Fsp3) is 0.190. The molecule has 0 bridgehead atoms. The topological polar surface area (TPSA) is 41.1 Å². The maximum absolute atomic E-state index is 10.9. The Kier molecular flexibility index (Phi) is 5.96. The van der Waals surface area contributed by atoms with E-state index in [0.29, 0.717) is 0 Å². The van der Waals surface area contributed by atoms with Crippen molar-refractivity contribution in [2.45, 2.75) is 20.3 Å². The lowest BCUT2D eigenvalue weighted by Gasteiger charge is -2.20. The van der Waals surface area contributed by atoms with Crippen LogP contribution in [0, 0.1) is 0 Å². The molecular formula is C21H24N2O. The molecule has 0 atom stereocenters. The summed E-state index contributed by atoms with van der Waals surface area (Å²) in [5.41, 5.74) is 6.92. The first-order valence-corrected chi connectivity index (χ1v) is 7.98. The Labute approximate surface area is 144 Å². The van der Waals surface area contributed by atoms with Crippen molar-refractivity contribution in [2.24, 2.45) is 0 Å². The van der Waals surface area contributed by atoms with Gasteiger partial charge in [-0.1, -0.05) is 36.9 Å².